The van der Waals surface area contributed by atoms with Crippen molar-refractivity contribution in [1.82, 2.24) is 9.97 Å². The van der Waals surface area contributed by atoms with Crippen LogP contribution in [-0.4, -0.2) is 23.4 Å². The summed E-state index contributed by atoms with van der Waals surface area (Å²) in [4.78, 5) is 6.98. The third-order valence-electron chi connectivity index (χ3n) is 3.00. The Balaban J connectivity index is 2.36. The van der Waals surface area contributed by atoms with Gasteiger partial charge in [-0.1, -0.05) is 31.3 Å². The van der Waals surface area contributed by atoms with Crippen LogP contribution in [0.1, 0.15) is 23.9 Å². The van der Waals surface area contributed by atoms with Gasteiger partial charge in [0.25, 0.3) is 10.0 Å². The van der Waals surface area contributed by atoms with Gasteiger partial charge in [0.05, 0.1) is 11.9 Å². The molecule has 0 radical (unpaired) electrons. The third-order valence-corrected chi connectivity index (χ3v) is 4.51. The van der Waals surface area contributed by atoms with Gasteiger partial charge in [0.2, 0.25) is 0 Å². The van der Waals surface area contributed by atoms with Crippen LogP contribution in [0.15, 0.2) is 29.4 Å². The molecule has 0 bridgehead atoms. The Morgan fingerprint density at radius 3 is 2.76 bits per heavy atom. The highest BCUT2D eigenvalue weighted by atomic mass is 32.2. The molecule has 2 aromatic rings. The van der Waals surface area contributed by atoms with Gasteiger partial charge in [-0.25, -0.2) is 4.98 Å². The Kier molecular flexibility index (Phi) is 4.29. The zero-order valence-corrected chi connectivity index (χ0v) is 13.3. The van der Waals surface area contributed by atoms with Crippen LogP contribution >= 0.6 is 12.2 Å². The monoisotopic (exact) mass is 324 g/mol. The molecular weight excluding hydrogens is 308 g/mol. The Bertz CT molecular complexity index is 781. The van der Waals surface area contributed by atoms with Gasteiger partial charge in [0.15, 0.2) is 5.03 Å². The molecule has 0 fully saturated rings. The number of nitrogens with two attached hydrogens (primary N) is 1. The van der Waals surface area contributed by atoms with Crippen molar-refractivity contribution in [3.63, 3.8) is 0 Å². The van der Waals surface area contributed by atoms with Crippen LogP contribution in [0.2, 0.25) is 0 Å². The summed E-state index contributed by atoms with van der Waals surface area (Å²) in [5.41, 5.74) is 7.38. The maximum Gasteiger partial charge on any atom is 0.278 e. The number of anilines is 1. The molecule has 0 aliphatic heterocycles. The van der Waals surface area contributed by atoms with Gasteiger partial charge in [0.1, 0.15) is 10.8 Å². The van der Waals surface area contributed by atoms with E-state index >= 15 is 0 Å². The summed E-state index contributed by atoms with van der Waals surface area (Å²) in [5.74, 6) is 0.615. The summed E-state index contributed by atoms with van der Waals surface area (Å²) in [7, 11) is -3.72. The molecular formula is C13H16N4O2S2. The number of nitrogens with one attached hydrogen (secondary N) is 2. The van der Waals surface area contributed by atoms with Gasteiger partial charge in [0, 0.05) is 12.0 Å². The van der Waals surface area contributed by atoms with Crippen molar-refractivity contribution in [3.8, 4) is 0 Å². The van der Waals surface area contributed by atoms with Crippen LogP contribution < -0.4 is 10.5 Å². The Labute approximate surface area is 128 Å². The number of hydrogen-bond acceptors (Lipinski definition) is 4. The van der Waals surface area contributed by atoms with E-state index in [1.54, 1.807) is 25.1 Å². The molecule has 0 aliphatic carbocycles. The molecule has 2 rings (SSSR count). The van der Waals surface area contributed by atoms with E-state index in [9.17, 15) is 8.42 Å². The second kappa shape index (κ2) is 5.82. The molecule has 0 amide bonds. The molecule has 0 spiro atoms. The quantitative estimate of drug-likeness (QED) is 0.727. The average molecular weight is 324 g/mol. The van der Waals surface area contributed by atoms with Crippen molar-refractivity contribution in [1.29, 1.82) is 0 Å². The Morgan fingerprint density at radius 2 is 2.19 bits per heavy atom. The fourth-order valence-electron chi connectivity index (χ4n) is 1.74. The zero-order chi connectivity index (χ0) is 15.6. The van der Waals surface area contributed by atoms with E-state index in [1.807, 2.05) is 6.92 Å². The second-order valence-corrected chi connectivity index (χ2v) is 6.64. The summed E-state index contributed by atoms with van der Waals surface area (Å²) in [6.45, 7) is 3.68. The van der Waals surface area contributed by atoms with Crippen LogP contribution in [0.25, 0.3) is 0 Å². The van der Waals surface area contributed by atoms with Gasteiger partial charge in [-0.15, -0.1) is 0 Å². The normalized spacial score (nSPS) is 11.3. The molecule has 0 saturated carbocycles. The van der Waals surface area contributed by atoms with Gasteiger partial charge in [-0.3, -0.25) is 4.72 Å². The van der Waals surface area contributed by atoms with E-state index in [0.717, 1.165) is 5.56 Å². The molecule has 0 unspecified atom stereocenters. The van der Waals surface area contributed by atoms with E-state index in [4.69, 9.17) is 18.0 Å². The Morgan fingerprint density at radius 1 is 1.48 bits per heavy atom. The predicted octanol–water partition coefficient (Wildman–Crippen LogP) is 1.72. The van der Waals surface area contributed by atoms with E-state index in [1.165, 1.54) is 6.20 Å². The smallest absolute Gasteiger partial charge is 0.278 e. The lowest BCUT2D eigenvalue weighted by Crippen LogP contribution is -2.16. The van der Waals surface area contributed by atoms with E-state index in [-0.39, 0.29) is 10.0 Å². The number of H-pyrrole nitrogens is 1. The molecule has 6 nitrogen and oxygen atoms in total. The predicted molar refractivity (Wildman–Crippen MR) is 85.8 cm³/mol. The number of aryl methyl sites for hydroxylation is 2. The molecule has 21 heavy (non-hydrogen) atoms. The summed E-state index contributed by atoms with van der Waals surface area (Å²) in [6.07, 6.45) is 1.93. The molecule has 8 heteroatoms. The lowest BCUT2D eigenvalue weighted by Gasteiger charge is -2.10. The van der Waals surface area contributed by atoms with Gasteiger partial charge < -0.3 is 10.7 Å². The first-order valence-electron chi connectivity index (χ1n) is 6.30. The van der Waals surface area contributed by atoms with Crippen LogP contribution in [0.3, 0.4) is 0 Å². The highest BCUT2D eigenvalue weighted by Crippen LogP contribution is 2.20. The van der Waals surface area contributed by atoms with Gasteiger partial charge >= 0.3 is 0 Å². The van der Waals surface area contributed by atoms with Crippen molar-refractivity contribution in [3.05, 3.63) is 41.3 Å². The molecule has 1 aromatic carbocycles. The first-order valence-corrected chi connectivity index (χ1v) is 8.19. The lowest BCUT2D eigenvalue weighted by atomic mass is 10.1. The average Bonchev–Trinajstić information content (AvgIpc) is 2.90. The zero-order valence-electron chi connectivity index (χ0n) is 11.7. The second-order valence-electron chi connectivity index (χ2n) is 4.55. The number of benzene rings is 1. The van der Waals surface area contributed by atoms with Crippen molar-refractivity contribution in [2.24, 2.45) is 5.73 Å². The molecule has 1 aromatic heterocycles. The minimum absolute atomic E-state index is 0.0273. The number of imidazole rings is 1. The van der Waals surface area contributed by atoms with Crippen LogP contribution in [0, 0.1) is 6.92 Å². The molecule has 1 heterocycles. The molecule has 0 aliphatic rings. The van der Waals surface area contributed by atoms with Crippen molar-refractivity contribution in [2.45, 2.75) is 25.3 Å². The fourth-order valence-corrected chi connectivity index (χ4v) is 2.93. The van der Waals surface area contributed by atoms with Gasteiger partial charge in [-0.2, -0.15) is 8.42 Å². The Hall–Kier alpha value is -1.93. The van der Waals surface area contributed by atoms with E-state index < -0.39 is 10.0 Å². The SMILES string of the molecule is CCc1ncc(S(=O)(=O)Nc2cc(C(N)=S)ccc2C)[nH]1. The number of nitrogens with zero attached hydrogens (tertiary/aromatic N) is 1. The highest BCUT2D eigenvalue weighted by Gasteiger charge is 2.18. The van der Waals surface area contributed by atoms with Crippen LogP contribution in [-0.2, 0) is 16.4 Å². The summed E-state index contributed by atoms with van der Waals surface area (Å²) in [6, 6.07) is 5.13. The maximum absolute atomic E-state index is 12.3. The minimum atomic E-state index is -3.72. The minimum Gasteiger partial charge on any atom is -0.389 e. The number of hydrogen-bond donors (Lipinski definition) is 3. The summed E-state index contributed by atoms with van der Waals surface area (Å²) < 4.78 is 27.2. The molecule has 0 saturated heterocycles. The third kappa shape index (κ3) is 3.40. The number of thiocarbonyl (C=S) groups is 1. The molecule has 112 valence electrons. The highest BCUT2D eigenvalue weighted by molar-refractivity contribution is 7.92. The number of rotatable bonds is 5. The largest absolute Gasteiger partial charge is 0.389 e. The van der Waals surface area contributed by atoms with Crippen LogP contribution in [0.5, 0.6) is 0 Å². The first kappa shape index (κ1) is 15.5. The van der Waals surface area contributed by atoms with Gasteiger partial charge in [-0.05, 0) is 18.6 Å². The fraction of sp³-hybridized carbons (Fsp3) is 0.231. The molecule has 4 N–H and O–H groups in total. The summed E-state index contributed by atoms with van der Waals surface area (Å²) in [5, 5.41) is 0.0273. The van der Waals surface area contributed by atoms with Crippen molar-refractivity contribution >= 4 is 32.9 Å². The molecule has 0 atom stereocenters. The topological polar surface area (TPSA) is 101 Å². The lowest BCUT2D eigenvalue weighted by molar-refractivity contribution is 0.598. The number of sulfonamides is 1. The first-order chi connectivity index (χ1) is 9.83. The van der Waals surface area contributed by atoms with Crippen LogP contribution in [0.4, 0.5) is 5.69 Å². The number of aromatic amines is 1. The van der Waals surface area contributed by atoms with E-state index in [2.05, 4.69) is 14.7 Å². The maximum atomic E-state index is 12.3. The summed E-state index contributed by atoms with van der Waals surface area (Å²) >= 11 is 4.90. The van der Waals surface area contributed by atoms with Crippen molar-refractivity contribution in [2.75, 3.05) is 4.72 Å². The standard InChI is InChI=1S/C13H16N4O2S2/c1-3-11-15-7-12(16-11)21(18,19)17-10-6-9(13(14)20)5-4-8(10)2/h4-7,17H,3H2,1-2H3,(H2,14,20)(H,15,16). The number of aromatic nitrogens is 2. The van der Waals surface area contributed by atoms with Crippen molar-refractivity contribution < 1.29 is 8.42 Å². The van der Waals surface area contributed by atoms with E-state index in [0.29, 0.717) is 23.5 Å².